The van der Waals surface area contributed by atoms with Crippen molar-refractivity contribution < 1.29 is 37.3 Å². The van der Waals surface area contributed by atoms with Crippen LogP contribution in [-0.4, -0.2) is 56.8 Å². The third-order valence-corrected chi connectivity index (χ3v) is 4.70. The summed E-state index contributed by atoms with van der Waals surface area (Å²) in [5.41, 5.74) is 1.05. The van der Waals surface area contributed by atoms with Crippen LogP contribution < -0.4 is 9.47 Å². The number of methoxy groups -OCH3 is 1. The van der Waals surface area contributed by atoms with E-state index < -0.39 is 18.7 Å². The average Bonchev–Trinajstić information content (AvgIpc) is 2.82. The Morgan fingerprint density at radius 2 is 1.78 bits per heavy atom. The van der Waals surface area contributed by atoms with Gasteiger partial charge in [-0.25, -0.2) is 4.79 Å². The van der Waals surface area contributed by atoms with Crippen molar-refractivity contribution in [1.29, 1.82) is 0 Å². The molecule has 0 bridgehead atoms. The number of rotatable bonds is 8. The molecule has 0 aromatic heterocycles. The smallest absolute Gasteiger partial charge is 0.387 e. The second-order valence-corrected chi connectivity index (χ2v) is 6.79. The van der Waals surface area contributed by atoms with Crippen LogP contribution in [0.25, 0.3) is 6.08 Å². The van der Waals surface area contributed by atoms with Crippen molar-refractivity contribution in [2.75, 3.05) is 33.4 Å². The Morgan fingerprint density at radius 3 is 2.44 bits per heavy atom. The van der Waals surface area contributed by atoms with Crippen LogP contribution in [0.5, 0.6) is 11.5 Å². The molecule has 1 heterocycles. The lowest BCUT2D eigenvalue weighted by molar-refractivity contribution is -0.159. The van der Waals surface area contributed by atoms with Crippen LogP contribution in [0.4, 0.5) is 8.78 Å². The van der Waals surface area contributed by atoms with E-state index in [1.54, 1.807) is 35.2 Å². The van der Waals surface area contributed by atoms with Gasteiger partial charge in [0, 0.05) is 24.7 Å². The fourth-order valence-electron chi connectivity index (χ4n) is 3.14. The average molecular weight is 447 g/mol. The molecule has 9 heteroatoms. The predicted molar refractivity (Wildman–Crippen MR) is 111 cm³/mol. The first kappa shape index (κ1) is 23.2. The number of hydrogen-bond acceptors (Lipinski definition) is 6. The zero-order chi connectivity index (χ0) is 22.9. The second kappa shape index (κ2) is 11.2. The monoisotopic (exact) mass is 447 g/mol. The van der Waals surface area contributed by atoms with Gasteiger partial charge < -0.3 is 23.8 Å². The molecule has 1 unspecified atom stereocenters. The lowest BCUT2D eigenvalue weighted by Gasteiger charge is -2.30. The molecule has 0 aliphatic carbocycles. The van der Waals surface area contributed by atoms with Gasteiger partial charge in [0.25, 0.3) is 5.91 Å². The Bertz CT molecular complexity index is 945. The highest BCUT2D eigenvalue weighted by Crippen LogP contribution is 2.30. The summed E-state index contributed by atoms with van der Waals surface area (Å²) in [6.07, 6.45) is 1.49. The lowest BCUT2D eigenvalue weighted by Crippen LogP contribution is -2.44. The molecule has 1 atom stereocenters. The van der Waals surface area contributed by atoms with E-state index in [1.165, 1.54) is 31.4 Å². The maximum absolute atomic E-state index is 13.0. The van der Waals surface area contributed by atoms with Crippen LogP contribution in [0.3, 0.4) is 0 Å². The number of amides is 1. The minimum absolute atomic E-state index is 0.0884. The van der Waals surface area contributed by atoms with Gasteiger partial charge in [0.15, 0.2) is 11.5 Å². The van der Waals surface area contributed by atoms with Crippen LogP contribution in [0.15, 0.2) is 54.6 Å². The standard InChI is InChI=1S/C23H23F2NO6/c1-29-19-15-16(7-9-18(19)31-23(24)25)8-10-20(27)32-21(17-5-3-2-4-6-17)22(28)26-11-13-30-14-12-26/h2-10,15,21,23H,11-14H2,1H3. The molecule has 2 aromatic rings. The first-order valence-electron chi connectivity index (χ1n) is 9.91. The summed E-state index contributed by atoms with van der Waals surface area (Å²) in [6.45, 7) is -1.30. The number of morpholine rings is 1. The molecule has 2 aromatic carbocycles. The Hall–Kier alpha value is -3.46. The highest BCUT2D eigenvalue weighted by molar-refractivity contribution is 5.91. The maximum atomic E-state index is 13.0. The van der Waals surface area contributed by atoms with Gasteiger partial charge in [0.05, 0.1) is 20.3 Å². The summed E-state index contributed by atoms with van der Waals surface area (Å²) in [5, 5.41) is 0. The Labute approximate surface area is 184 Å². The second-order valence-electron chi connectivity index (χ2n) is 6.79. The number of nitrogens with zero attached hydrogens (tertiary/aromatic N) is 1. The van der Waals surface area contributed by atoms with Gasteiger partial charge in [-0.15, -0.1) is 0 Å². The Balaban J connectivity index is 1.73. The molecular weight excluding hydrogens is 424 g/mol. The van der Waals surface area contributed by atoms with Crippen molar-refractivity contribution in [2.45, 2.75) is 12.7 Å². The summed E-state index contributed by atoms with van der Waals surface area (Å²) in [4.78, 5) is 27.1. The molecule has 0 saturated carbocycles. The Kier molecular flexibility index (Phi) is 8.15. The summed E-state index contributed by atoms with van der Waals surface area (Å²) in [6, 6.07) is 13.0. The number of alkyl halides is 2. The summed E-state index contributed by atoms with van der Waals surface area (Å²) in [7, 11) is 1.32. The van der Waals surface area contributed by atoms with Crippen molar-refractivity contribution in [3.8, 4) is 11.5 Å². The van der Waals surface area contributed by atoms with Crippen molar-refractivity contribution in [1.82, 2.24) is 4.90 Å². The van der Waals surface area contributed by atoms with Gasteiger partial charge in [-0.3, -0.25) is 4.79 Å². The minimum Gasteiger partial charge on any atom is -0.493 e. The van der Waals surface area contributed by atoms with Crippen LogP contribution in [0, 0.1) is 0 Å². The molecule has 7 nitrogen and oxygen atoms in total. The molecule has 32 heavy (non-hydrogen) atoms. The van der Waals surface area contributed by atoms with Gasteiger partial charge in [0.2, 0.25) is 6.10 Å². The Morgan fingerprint density at radius 1 is 1.06 bits per heavy atom. The molecule has 1 saturated heterocycles. The van der Waals surface area contributed by atoms with E-state index in [0.29, 0.717) is 37.4 Å². The molecule has 1 aliphatic heterocycles. The van der Waals surface area contributed by atoms with E-state index in [2.05, 4.69) is 4.74 Å². The highest BCUT2D eigenvalue weighted by Gasteiger charge is 2.30. The van der Waals surface area contributed by atoms with E-state index in [-0.39, 0.29) is 17.4 Å². The predicted octanol–water partition coefficient (Wildman–Crippen LogP) is 3.45. The molecule has 1 amide bonds. The largest absolute Gasteiger partial charge is 0.493 e. The SMILES string of the molecule is COc1cc(C=CC(=O)OC(C(=O)N2CCOCC2)c2ccccc2)ccc1OC(F)F. The van der Waals surface area contributed by atoms with Gasteiger partial charge in [-0.2, -0.15) is 8.78 Å². The first-order valence-corrected chi connectivity index (χ1v) is 9.91. The molecule has 0 spiro atoms. The molecule has 0 radical (unpaired) electrons. The van der Waals surface area contributed by atoms with Crippen LogP contribution in [-0.2, 0) is 19.1 Å². The third-order valence-electron chi connectivity index (χ3n) is 4.70. The van der Waals surface area contributed by atoms with E-state index in [0.717, 1.165) is 6.08 Å². The number of hydrogen-bond donors (Lipinski definition) is 0. The fourth-order valence-corrected chi connectivity index (χ4v) is 3.14. The highest BCUT2D eigenvalue weighted by atomic mass is 19.3. The van der Waals surface area contributed by atoms with E-state index in [1.807, 2.05) is 0 Å². The molecule has 1 aliphatic rings. The number of carbonyl (C=O) groups excluding carboxylic acids is 2. The topological polar surface area (TPSA) is 74.3 Å². The number of ether oxygens (including phenoxy) is 4. The summed E-state index contributed by atoms with van der Waals surface area (Å²) < 4.78 is 45.1. The number of carbonyl (C=O) groups is 2. The van der Waals surface area contributed by atoms with Crippen LogP contribution in [0.1, 0.15) is 17.2 Å². The van der Waals surface area contributed by atoms with Crippen LogP contribution >= 0.6 is 0 Å². The van der Waals surface area contributed by atoms with Crippen molar-refractivity contribution >= 4 is 18.0 Å². The fraction of sp³-hybridized carbons (Fsp3) is 0.304. The zero-order valence-corrected chi connectivity index (χ0v) is 17.4. The number of halogens is 2. The number of esters is 1. The summed E-state index contributed by atoms with van der Waals surface area (Å²) >= 11 is 0. The van der Waals surface area contributed by atoms with E-state index >= 15 is 0 Å². The van der Waals surface area contributed by atoms with Gasteiger partial charge in [-0.1, -0.05) is 36.4 Å². The van der Waals surface area contributed by atoms with Gasteiger partial charge in [0.1, 0.15) is 0 Å². The van der Waals surface area contributed by atoms with Crippen molar-refractivity contribution in [2.24, 2.45) is 0 Å². The summed E-state index contributed by atoms with van der Waals surface area (Å²) in [5.74, 6) is -1.09. The normalized spacial score (nSPS) is 14.9. The molecule has 0 N–H and O–H groups in total. The van der Waals surface area contributed by atoms with E-state index in [9.17, 15) is 18.4 Å². The van der Waals surface area contributed by atoms with Crippen molar-refractivity contribution in [3.05, 3.63) is 65.7 Å². The molecular formula is C23H23F2NO6. The molecule has 170 valence electrons. The molecule has 1 fully saturated rings. The van der Waals surface area contributed by atoms with Gasteiger partial charge >= 0.3 is 12.6 Å². The van der Waals surface area contributed by atoms with Crippen molar-refractivity contribution in [3.63, 3.8) is 0 Å². The van der Waals surface area contributed by atoms with E-state index in [4.69, 9.17) is 14.2 Å². The lowest BCUT2D eigenvalue weighted by atomic mass is 10.1. The maximum Gasteiger partial charge on any atom is 0.387 e. The minimum atomic E-state index is -2.99. The zero-order valence-electron chi connectivity index (χ0n) is 17.4. The quantitative estimate of drug-likeness (QED) is 0.456. The van der Waals surface area contributed by atoms with Gasteiger partial charge in [-0.05, 0) is 23.8 Å². The first-order chi connectivity index (χ1) is 15.5. The molecule has 3 rings (SSSR count). The van der Waals surface area contributed by atoms with Crippen LogP contribution in [0.2, 0.25) is 0 Å². The third kappa shape index (κ3) is 6.27. The number of benzene rings is 2.